The average molecular weight is 288 g/mol. The van der Waals surface area contributed by atoms with Crippen molar-refractivity contribution in [1.82, 2.24) is 0 Å². The third-order valence-electron chi connectivity index (χ3n) is 4.12. The van der Waals surface area contributed by atoms with Gasteiger partial charge in [0, 0.05) is 11.5 Å². The van der Waals surface area contributed by atoms with E-state index in [0.717, 1.165) is 18.4 Å². The number of unbranched alkanes of at least 4 members (excludes halogenated alkanes) is 7. The van der Waals surface area contributed by atoms with Gasteiger partial charge in [-0.05, 0) is 38.2 Å². The maximum atomic E-state index is 11.9. The molecule has 1 unspecified atom stereocenters. The number of hydrogen-bond donors (Lipinski definition) is 0. The van der Waals surface area contributed by atoms with Crippen LogP contribution in [0.15, 0.2) is 36.0 Å². The summed E-state index contributed by atoms with van der Waals surface area (Å²) in [6, 6.07) is 0. The van der Waals surface area contributed by atoms with Crippen molar-refractivity contribution in [2.24, 2.45) is 5.92 Å². The highest BCUT2D eigenvalue weighted by molar-refractivity contribution is 6.07. The van der Waals surface area contributed by atoms with E-state index in [9.17, 15) is 4.79 Å². The number of hydrogen-bond acceptors (Lipinski definition) is 1. The van der Waals surface area contributed by atoms with Gasteiger partial charge in [0.15, 0.2) is 5.78 Å². The molecule has 0 aliphatic heterocycles. The van der Waals surface area contributed by atoms with E-state index < -0.39 is 0 Å². The predicted molar refractivity (Wildman–Crippen MR) is 92.4 cm³/mol. The van der Waals surface area contributed by atoms with Gasteiger partial charge in [-0.2, -0.15) is 0 Å². The van der Waals surface area contributed by atoms with Gasteiger partial charge in [-0.3, -0.25) is 4.79 Å². The zero-order valence-electron chi connectivity index (χ0n) is 13.9. The van der Waals surface area contributed by atoms with E-state index in [0.29, 0.717) is 5.92 Å². The fraction of sp³-hybridized carbons (Fsp3) is 0.650. The largest absolute Gasteiger partial charge is 0.290 e. The van der Waals surface area contributed by atoms with E-state index in [-0.39, 0.29) is 5.78 Å². The van der Waals surface area contributed by atoms with Crippen LogP contribution >= 0.6 is 0 Å². The second kappa shape index (κ2) is 11.5. The number of rotatable bonds is 11. The van der Waals surface area contributed by atoms with Crippen molar-refractivity contribution in [1.29, 1.82) is 0 Å². The predicted octanol–water partition coefficient (Wildman–Crippen LogP) is 6.16. The van der Waals surface area contributed by atoms with Crippen LogP contribution in [0.4, 0.5) is 0 Å². The van der Waals surface area contributed by atoms with Gasteiger partial charge in [0.2, 0.25) is 0 Å². The van der Waals surface area contributed by atoms with Crippen molar-refractivity contribution in [2.45, 2.75) is 78.1 Å². The summed E-state index contributed by atoms with van der Waals surface area (Å²) in [5, 5.41) is 0. The fourth-order valence-corrected chi connectivity index (χ4v) is 2.75. The molecule has 0 saturated carbocycles. The average Bonchev–Trinajstić information content (AvgIpc) is 2.83. The minimum absolute atomic E-state index is 0.231. The smallest absolute Gasteiger partial charge is 0.181 e. The van der Waals surface area contributed by atoms with E-state index in [2.05, 4.69) is 38.2 Å². The molecule has 1 nitrogen and oxygen atoms in total. The molecule has 0 fully saturated rings. The molecule has 118 valence electrons. The Bertz CT molecular complexity index is 373. The summed E-state index contributed by atoms with van der Waals surface area (Å²) in [6.45, 7) is 4.46. The van der Waals surface area contributed by atoms with Gasteiger partial charge in [0.05, 0.1) is 0 Å². The molecular formula is C20H32O. The van der Waals surface area contributed by atoms with Crippen molar-refractivity contribution in [3.8, 4) is 0 Å². The van der Waals surface area contributed by atoms with Crippen LogP contribution in [0.3, 0.4) is 0 Å². The van der Waals surface area contributed by atoms with Crippen LogP contribution in [-0.2, 0) is 4.79 Å². The molecule has 1 atom stereocenters. The highest BCUT2D eigenvalue weighted by Crippen LogP contribution is 2.26. The number of carbonyl (C=O) groups is 1. The lowest BCUT2D eigenvalue weighted by Gasteiger charge is -2.07. The maximum absolute atomic E-state index is 11.9. The molecule has 0 amide bonds. The standard InChI is InChI=1S/C20H32O/c1-3-5-7-9-11-12-14-18-16-17-20(21)19(18)15-13-10-8-6-4-2/h11-12,15-18H,3-10,13-14H2,1-2H3. The van der Waals surface area contributed by atoms with E-state index in [1.54, 1.807) is 6.08 Å². The van der Waals surface area contributed by atoms with Crippen LogP contribution in [-0.4, -0.2) is 5.78 Å². The summed E-state index contributed by atoms with van der Waals surface area (Å²) >= 11 is 0. The molecular weight excluding hydrogens is 256 g/mol. The molecule has 1 heteroatoms. The highest BCUT2D eigenvalue weighted by Gasteiger charge is 2.21. The number of allylic oxidation sites excluding steroid dienone is 6. The van der Waals surface area contributed by atoms with Gasteiger partial charge in [-0.15, -0.1) is 0 Å². The molecule has 0 saturated heterocycles. The summed E-state index contributed by atoms with van der Waals surface area (Å²) in [6.07, 6.45) is 22.7. The molecule has 21 heavy (non-hydrogen) atoms. The normalized spacial score (nSPS) is 20.2. The summed E-state index contributed by atoms with van der Waals surface area (Å²) in [4.78, 5) is 11.9. The minimum atomic E-state index is 0.231. The molecule has 0 spiro atoms. The van der Waals surface area contributed by atoms with E-state index >= 15 is 0 Å². The molecule has 0 radical (unpaired) electrons. The fourth-order valence-electron chi connectivity index (χ4n) is 2.75. The van der Waals surface area contributed by atoms with E-state index in [1.165, 1.54) is 51.4 Å². The molecule has 1 aliphatic carbocycles. The van der Waals surface area contributed by atoms with Crippen LogP contribution in [0.25, 0.3) is 0 Å². The monoisotopic (exact) mass is 288 g/mol. The first-order valence-corrected chi connectivity index (χ1v) is 8.87. The highest BCUT2D eigenvalue weighted by atomic mass is 16.1. The molecule has 1 rings (SSSR count). The van der Waals surface area contributed by atoms with Gasteiger partial charge in [0.25, 0.3) is 0 Å². The van der Waals surface area contributed by atoms with Crippen LogP contribution in [0.2, 0.25) is 0 Å². The zero-order valence-corrected chi connectivity index (χ0v) is 13.9. The number of ketones is 1. The van der Waals surface area contributed by atoms with Gasteiger partial charge in [0.1, 0.15) is 0 Å². The first-order chi connectivity index (χ1) is 10.3. The van der Waals surface area contributed by atoms with Crippen molar-refractivity contribution >= 4 is 5.78 Å². The minimum Gasteiger partial charge on any atom is -0.290 e. The third kappa shape index (κ3) is 7.45. The van der Waals surface area contributed by atoms with Gasteiger partial charge in [-0.25, -0.2) is 0 Å². The molecule has 0 aromatic carbocycles. The summed E-state index contributed by atoms with van der Waals surface area (Å²) < 4.78 is 0. The second-order valence-electron chi connectivity index (χ2n) is 6.04. The van der Waals surface area contributed by atoms with Crippen molar-refractivity contribution in [2.75, 3.05) is 0 Å². The second-order valence-corrected chi connectivity index (χ2v) is 6.04. The SMILES string of the molecule is CCCCCC=CCC1C=CC(=O)C1=CCCCCCC. The Morgan fingerprint density at radius 2 is 1.67 bits per heavy atom. The number of carbonyl (C=O) groups excluding carboxylic acids is 1. The Hall–Kier alpha value is -1.11. The van der Waals surface area contributed by atoms with E-state index in [4.69, 9.17) is 0 Å². The summed E-state index contributed by atoms with van der Waals surface area (Å²) in [5.74, 6) is 0.556. The Morgan fingerprint density at radius 3 is 2.43 bits per heavy atom. The molecule has 0 aromatic rings. The third-order valence-corrected chi connectivity index (χ3v) is 4.12. The lowest BCUT2D eigenvalue weighted by atomic mass is 9.96. The van der Waals surface area contributed by atoms with Crippen molar-refractivity contribution in [3.63, 3.8) is 0 Å². The van der Waals surface area contributed by atoms with Crippen LogP contribution in [0.5, 0.6) is 0 Å². The van der Waals surface area contributed by atoms with Gasteiger partial charge < -0.3 is 0 Å². The Kier molecular flexibility index (Phi) is 9.86. The topological polar surface area (TPSA) is 17.1 Å². The zero-order chi connectivity index (χ0) is 15.3. The molecule has 0 heterocycles. The summed E-state index contributed by atoms with van der Waals surface area (Å²) in [7, 11) is 0. The molecule has 1 aliphatic rings. The first kappa shape index (κ1) is 17.9. The molecule has 0 bridgehead atoms. The maximum Gasteiger partial charge on any atom is 0.181 e. The lowest BCUT2D eigenvalue weighted by Crippen LogP contribution is -2.02. The van der Waals surface area contributed by atoms with Crippen molar-refractivity contribution < 1.29 is 4.79 Å². The summed E-state index contributed by atoms with van der Waals surface area (Å²) in [5.41, 5.74) is 1.03. The quantitative estimate of drug-likeness (QED) is 0.252. The molecule has 0 aromatic heterocycles. The first-order valence-electron chi connectivity index (χ1n) is 8.87. The Morgan fingerprint density at radius 1 is 0.952 bits per heavy atom. The van der Waals surface area contributed by atoms with Crippen LogP contribution < -0.4 is 0 Å². The van der Waals surface area contributed by atoms with E-state index in [1.807, 2.05) is 0 Å². The van der Waals surface area contributed by atoms with Crippen LogP contribution in [0.1, 0.15) is 78.1 Å². The van der Waals surface area contributed by atoms with Gasteiger partial charge >= 0.3 is 0 Å². The molecule has 0 N–H and O–H groups in total. The lowest BCUT2D eigenvalue weighted by molar-refractivity contribution is -0.111. The van der Waals surface area contributed by atoms with Crippen molar-refractivity contribution in [3.05, 3.63) is 36.0 Å². The van der Waals surface area contributed by atoms with Crippen LogP contribution in [0, 0.1) is 5.92 Å². The Labute approximate surface area is 131 Å². The van der Waals surface area contributed by atoms with Gasteiger partial charge in [-0.1, -0.05) is 70.3 Å². The Balaban J connectivity index is 2.32.